The second-order valence-corrected chi connectivity index (χ2v) is 4.64. The summed E-state index contributed by atoms with van der Waals surface area (Å²) in [5, 5.41) is 3.47. The van der Waals surface area contributed by atoms with Crippen LogP contribution in [0, 0.1) is 0 Å². The van der Waals surface area contributed by atoms with Crippen molar-refractivity contribution in [2.24, 2.45) is 0 Å². The first kappa shape index (κ1) is 10.5. The molecule has 0 spiro atoms. The summed E-state index contributed by atoms with van der Waals surface area (Å²) in [6.45, 7) is 6.67. The number of anilines is 1. The molecule has 1 aromatic heterocycles. The lowest BCUT2D eigenvalue weighted by Gasteiger charge is -2.24. The first-order chi connectivity index (χ1) is 7.20. The van der Waals surface area contributed by atoms with Gasteiger partial charge in [0.25, 0.3) is 0 Å². The number of hydrogen-bond donors (Lipinski definition) is 1. The molecule has 0 bridgehead atoms. The van der Waals surface area contributed by atoms with Gasteiger partial charge in [0.1, 0.15) is 5.82 Å². The number of nitrogens with zero attached hydrogens (tertiary/aromatic N) is 1. The quantitative estimate of drug-likeness (QED) is 0.799. The highest BCUT2D eigenvalue weighted by molar-refractivity contribution is 5.48. The first-order valence-electron chi connectivity index (χ1n) is 5.97. The van der Waals surface area contributed by atoms with Crippen molar-refractivity contribution in [3.63, 3.8) is 0 Å². The van der Waals surface area contributed by atoms with E-state index in [0.717, 1.165) is 18.7 Å². The normalized spacial score (nSPS) is 21.7. The topological polar surface area (TPSA) is 24.9 Å². The van der Waals surface area contributed by atoms with Crippen molar-refractivity contribution >= 4 is 5.82 Å². The summed E-state index contributed by atoms with van der Waals surface area (Å²) < 4.78 is 0. The predicted octanol–water partition coefficient (Wildman–Crippen LogP) is 3.34. The van der Waals surface area contributed by atoms with Crippen LogP contribution in [0.2, 0.25) is 0 Å². The third-order valence-corrected chi connectivity index (χ3v) is 3.35. The second-order valence-electron chi connectivity index (χ2n) is 4.64. The Kier molecular flexibility index (Phi) is 2.94. The number of aryl methyl sites for hydroxylation is 1. The Balaban J connectivity index is 2.28. The van der Waals surface area contributed by atoms with Crippen molar-refractivity contribution in [1.82, 2.24) is 4.98 Å². The number of rotatable bonds is 2. The largest absolute Gasteiger partial charge is 0.367 e. The highest BCUT2D eigenvalue weighted by atomic mass is 15.0. The highest BCUT2D eigenvalue weighted by Crippen LogP contribution is 2.26. The minimum absolute atomic E-state index is 0.564. The molecule has 0 radical (unpaired) electrons. The molecule has 0 saturated heterocycles. The number of aromatic nitrogens is 1. The van der Waals surface area contributed by atoms with E-state index >= 15 is 0 Å². The van der Waals surface area contributed by atoms with Crippen LogP contribution in [0.15, 0.2) is 12.1 Å². The van der Waals surface area contributed by atoms with Crippen LogP contribution in [0.5, 0.6) is 0 Å². The van der Waals surface area contributed by atoms with E-state index in [-0.39, 0.29) is 0 Å². The minimum Gasteiger partial charge on any atom is -0.367 e. The molecule has 1 aliphatic heterocycles. The van der Waals surface area contributed by atoms with E-state index in [2.05, 4.69) is 38.2 Å². The average molecular weight is 204 g/mol. The minimum atomic E-state index is 0.564. The van der Waals surface area contributed by atoms with Gasteiger partial charge in [0.05, 0.1) is 0 Å². The van der Waals surface area contributed by atoms with Gasteiger partial charge < -0.3 is 5.32 Å². The van der Waals surface area contributed by atoms with E-state index in [1.54, 1.807) is 0 Å². The van der Waals surface area contributed by atoms with Crippen LogP contribution < -0.4 is 5.32 Å². The third kappa shape index (κ3) is 2.14. The maximum Gasteiger partial charge on any atom is 0.129 e. The molecule has 1 aliphatic rings. The zero-order valence-electron chi connectivity index (χ0n) is 9.88. The molecule has 15 heavy (non-hydrogen) atoms. The number of nitrogens with one attached hydrogen (secondary N) is 1. The molecule has 0 amide bonds. The van der Waals surface area contributed by atoms with Crippen molar-refractivity contribution in [3.8, 4) is 0 Å². The standard InChI is InChI=1S/C13H20N2/c1-4-9(2)12-8-7-11-6-5-10(3)14-13(11)15-12/h7-10H,4-6H2,1-3H3,(H,14,15). The Morgan fingerprint density at radius 3 is 3.07 bits per heavy atom. The van der Waals surface area contributed by atoms with Gasteiger partial charge in [-0.3, -0.25) is 0 Å². The van der Waals surface area contributed by atoms with Crippen LogP contribution in [-0.2, 0) is 6.42 Å². The first-order valence-corrected chi connectivity index (χ1v) is 5.97. The third-order valence-electron chi connectivity index (χ3n) is 3.35. The molecule has 2 atom stereocenters. The van der Waals surface area contributed by atoms with E-state index in [1.165, 1.54) is 17.7 Å². The predicted molar refractivity (Wildman–Crippen MR) is 64.3 cm³/mol. The Morgan fingerprint density at radius 2 is 2.33 bits per heavy atom. The summed E-state index contributed by atoms with van der Waals surface area (Å²) in [7, 11) is 0. The van der Waals surface area contributed by atoms with Crippen LogP contribution in [0.25, 0.3) is 0 Å². The SMILES string of the molecule is CCC(C)c1ccc2c(n1)NC(C)CC2. The van der Waals surface area contributed by atoms with E-state index in [4.69, 9.17) is 4.98 Å². The lowest BCUT2D eigenvalue weighted by atomic mass is 9.99. The van der Waals surface area contributed by atoms with Gasteiger partial charge in [0.2, 0.25) is 0 Å². The number of pyridine rings is 1. The summed E-state index contributed by atoms with van der Waals surface area (Å²) in [6.07, 6.45) is 3.54. The molecular formula is C13H20N2. The zero-order chi connectivity index (χ0) is 10.8. The van der Waals surface area contributed by atoms with E-state index in [9.17, 15) is 0 Å². The van der Waals surface area contributed by atoms with Crippen molar-refractivity contribution in [2.45, 2.75) is 52.0 Å². The number of fused-ring (bicyclic) bond motifs is 1. The summed E-state index contributed by atoms with van der Waals surface area (Å²) in [5.74, 6) is 1.68. The van der Waals surface area contributed by atoms with Gasteiger partial charge in [0, 0.05) is 11.7 Å². The summed E-state index contributed by atoms with van der Waals surface area (Å²) in [4.78, 5) is 4.72. The molecule has 82 valence electrons. The fourth-order valence-electron chi connectivity index (χ4n) is 1.99. The van der Waals surface area contributed by atoms with Crippen LogP contribution in [-0.4, -0.2) is 11.0 Å². The lowest BCUT2D eigenvalue weighted by Crippen LogP contribution is -2.23. The number of hydrogen-bond acceptors (Lipinski definition) is 2. The van der Waals surface area contributed by atoms with Gasteiger partial charge in [-0.2, -0.15) is 0 Å². The molecule has 2 heteroatoms. The Labute approximate surface area is 92.1 Å². The smallest absolute Gasteiger partial charge is 0.129 e. The summed E-state index contributed by atoms with van der Waals surface area (Å²) in [6, 6.07) is 4.99. The molecule has 0 aliphatic carbocycles. The van der Waals surface area contributed by atoms with Gasteiger partial charge in [-0.25, -0.2) is 4.98 Å². The fourth-order valence-corrected chi connectivity index (χ4v) is 1.99. The van der Waals surface area contributed by atoms with Crippen molar-refractivity contribution < 1.29 is 0 Å². The Bertz CT molecular complexity index is 346. The van der Waals surface area contributed by atoms with Crippen molar-refractivity contribution in [1.29, 1.82) is 0 Å². The van der Waals surface area contributed by atoms with E-state index in [1.807, 2.05) is 0 Å². The second kappa shape index (κ2) is 4.21. The van der Waals surface area contributed by atoms with Crippen molar-refractivity contribution in [3.05, 3.63) is 23.4 Å². The zero-order valence-corrected chi connectivity index (χ0v) is 9.88. The lowest BCUT2D eigenvalue weighted by molar-refractivity contribution is 0.660. The van der Waals surface area contributed by atoms with Gasteiger partial charge in [-0.1, -0.05) is 19.9 Å². The highest BCUT2D eigenvalue weighted by Gasteiger charge is 2.16. The molecular weight excluding hydrogens is 184 g/mol. The Hall–Kier alpha value is -1.05. The van der Waals surface area contributed by atoms with Gasteiger partial charge >= 0.3 is 0 Å². The van der Waals surface area contributed by atoms with Crippen LogP contribution in [0.4, 0.5) is 5.82 Å². The summed E-state index contributed by atoms with van der Waals surface area (Å²) in [5.41, 5.74) is 2.60. The van der Waals surface area contributed by atoms with Crippen LogP contribution in [0.3, 0.4) is 0 Å². The fraction of sp³-hybridized carbons (Fsp3) is 0.615. The van der Waals surface area contributed by atoms with E-state index in [0.29, 0.717) is 12.0 Å². The monoisotopic (exact) mass is 204 g/mol. The van der Waals surface area contributed by atoms with Gasteiger partial charge in [-0.05, 0) is 43.7 Å². The molecule has 1 N–H and O–H groups in total. The molecule has 0 saturated carbocycles. The molecule has 1 aromatic rings. The van der Waals surface area contributed by atoms with Crippen LogP contribution >= 0.6 is 0 Å². The van der Waals surface area contributed by atoms with Crippen molar-refractivity contribution in [2.75, 3.05) is 5.32 Å². The maximum absolute atomic E-state index is 4.72. The van der Waals surface area contributed by atoms with Crippen LogP contribution in [0.1, 0.15) is 50.8 Å². The summed E-state index contributed by atoms with van der Waals surface area (Å²) >= 11 is 0. The average Bonchev–Trinajstić information content (AvgIpc) is 2.27. The van der Waals surface area contributed by atoms with E-state index < -0.39 is 0 Å². The molecule has 0 fully saturated rings. The molecule has 2 heterocycles. The Morgan fingerprint density at radius 1 is 1.53 bits per heavy atom. The van der Waals surface area contributed by atoms with Gasteiger partial charge in [0.15, 0.2) is 0 Å². The molecule has 2 unspecified atom stereocenters. The molecule has 2 nitrogen and oxygen atoms in total. The molecule has 2 rings (SSSR count). The molecule has 0 aromatic carbocycles. The van der Waals surface area contributed by atoms with Gasteiger partial charge in [-0.15, -0.1) is 0 Å². The maximum atomic E-state index is 4.72.